The molecule has 0 atom stereocenters. The smallest absolute Gasteiger partial charge is 0.345 e. The number of hydrogen-bond donors (Lipinski definition) is 2. The molecular weight excluding hydrogens is 231 g/mol. The number of hydrogen-bond acceptors (Lipinski definition) is 4. The van der Waals surface area contributed by atoms with Crippen molar-refractivity contribution in [2.75, 3.05) is 5.32 Å². The molecule has 1 aromatic rings. The van der Waals surface area contributed by atoms with Crippen molar-refractivity contribution in [2.24, 2.45) is 0 Å². The van der Waals surface area contributed by atoms with Gasteiger partial charge in [0.25, 0.3) is 0 Å². The van der Waals surface area contributed by atoms with Crippen molar-refractivity contribution in [2.45, 2.75) is 19.9 Å². The van der Waals surface area contributed by atoms with Crippen molar-refractivity contribution in [1.82, 2.24) is 0 Å². The van der Waals surface area contributed by atoms with E-state index in [9.17, 15) is 19.3 Å². The monoisotopic (exact) mass is 242 g/mol. The molecule has 1 aromatic carbocycles. The molecule has 7 heteroatoms. The number of halogens is 1. The highest BCUT2D eigenvalue weighted by atomic mass is 19.1. The van der Waals surface area contributed by atoms with E-state index in [1.54, 1.807) is 13.8 Å². The van der Waals surface area contributed by atoms with Gasteiger partial charge in [0.2, 0.25) is 0 Å². The van der Waals surface area contributed by atoms with Crippen molar-refractivity contribution in [3.8, 4) is 0 Å². The van der Waals surface area contributed by atoms with Crippen LogP contribution < -0.4 is 5.32 Å². The van der Waals surface area contributed by atoms with E-state index in [1.807, 2.05) is 0 Å². The van der Waals surface area contributed by atoms with Crippen molar-refractivity contribution in [3.05, 3.63) is 33.6 Å². The summed E-state index contributed by atoms with van der Waals surface area (Å²) in [6.45, 7) is 3.46. The Kier molecular flexibility index (Phi) is 3.62. The number of carboxylic acid groups (broad SMARTS) is 1. The summed E-state index contributed by atoms with van der Waals surface area (Å²) in [6, 6.07) is 1.90. The molecule has 0 fully saturated rings. The van der Waals surface area contributed by atoms with Gasteiger partial charge in [0.15, 0.2) is 5.56 Å². The maximum Gasteiger partial charge on any atom is 0.345 e. The first-order valence-corrected chi connectivity index (χ1v) is 4.81. The van der Waals surface area contributed by atoms with Crippen molar-refractivity contribution in [1.29, 1.82) is 0 Å². The Hall–Kier alpha value is -2.18. The number of benzene rings is 1. The molecule has 0 radical (unpaired) electrons. The van der Waals surface area contributed by atoms with Crippen LogP contribution in [0.25, 0.3) is 0 Å². The number of anilines is 1. The van der Waals surface area contributed by atoms with Crippen LogP contribution in [0.3, 0.4) is 0 Å². The van der Waals surface area contributed by atoms with E-state index in [1.165, 1.54) is 0 Å². The van der Waals surface area contributed by atoms with Crippen LogP contribution in [0.15, 0.2) is 12.1 Å². The Bertz CT molecular complexity index is 474. The summed E-state index contributed by atoms with van der Waals surface area (Å²) < 4.78 is 13.3. The van der Waals surface area contributed by atoms with E-state index in [-0.39, 0.29) is 11.7 Å². The lowest BCUT2D eigenvalue weighted by Gasteiger charge is -2.11. The lowest BCUT2D eigenvalue weighted by atomic mass is 10.1. The first-order chi connectivity index (χ1) is 7.84. The van der Waals surface area contributed by atoms with E-state index in [2.05, 4.69) is 5.32 Å². The van der Waals surface area contributed by atoms with E-state index >= 15 is 0 Å². The lowest BCUT2D eigenvalue weighted by molar-refractivity contribution is -0.384. The maximum absolute atomic E-state index is 13.3. The molecule has 0 heterocycles. The van der Waals surface area contributed by atoms with E-state index in [0.717, 1.165) is 12.1 Å². The zero-order valence-electron chi connectivity index (χ0n) is 9.23. The van der Waals surface area contributed by atoms with Crippen LogP contribution in [0.1, 0.15) is 24.2 Å². The van der Waals surface area contributed by atoms with E-state index in [0.29, 0.717) is 0 Å². The number of rotatable bonds is 4. The van der Waals surface area contributed by atoms with Crippen molar-refractivity contribution in [3.63, 3.8) is 0 Å². The minimum atomic E-state index is -1.67. The second-order valence-electron chi connectivity index (χ2n) is 3.68. The van der Waals surface area contributed by atoms with Gasteiger partial charge in [-0.15, -0.1) is 0 Å². The number of aromatic carboxylic acids is 1. The van der Waals surface area contributed by atoms with Gasteiger partial charge in [0, 0.05) is 6.04 Å². The third kappa shape index (κ3) is 2.68. The minimum Gasteiger partial charge on any atom is -0.477 e. The van der Waals surface area contributed by atoms with Crippen LogP contribution in [0.2, 0.25) is 0 Å². The quantitative estimate of drug-likeness (QED) is 0.624. The molecule has 0 aliphatic rings. The molecule has 0 aromatic heterocycles. The molecule has 0 spiro atoms. The normalized spacial score (nSPS) is 10.4. The molecular formula is C10H11FN2O4. The number of carboxylic acids is 1. The van der Waals surface area contributed by atoms with Crippen molar-refractivity contribution < 1.29 is 19.2 Å². The molecule has 92 valence electrons. The molecule has 6 nitrogen and oxygen atoms in total. The average molecular weight is 242 g/mol. The fraction of sp³-hybridized carbons (Fsp3) is 0.300. The number of nitro groups is 1. The summed E-state index contributed by atoms with van der Waals surface area (Å²) in [5.41, 5.74) is -1.70. The molecule has 0 saturated heterocycles. The first kappa shape index (κ1) is 12.9. The van der Waals surface area contributed by atoms with Crippen LogP contribution in [0.5, 0.6) is 0 Å². The Morgan fingerprint density at radius 1 is 1.53 bits per heavy atom. The predicted molar refractivity (Wildman–Crippen MR) is 58.8 cm³/mol. The molecule has 0 aliphatic heterocycles. The van der Waals surface area contributed by atoms with Gasteiger partial charge in [-0.2, -0.15) is 0 Å². The van der Waals surface area contributed by atoms with Gasteiger partial charge in [-0.1, -0.05) is 0 Å². The molecule has 0 saturated carbocycles. The molecule has 1 rings (SSSR count). The van der Waals surface area contributed by atoms with Gasteiger partial charge in [0.1, 0.15) is 11.5 Å². The highest BCUT2D eigenvalue weighted by molar-refractivity contribution is 5.95. The molecule has 0 amide bonds. The predicted octanol–water partition coefficient (Wildman–Crippen LogP) is 2.25. The third-order valence-corrected chi connectivity index (χ3v) is 1.97. The van der Waals surface area contributed by atoms with Gasteiger partial charge in [-0.3, -0.25) is 10.1 Å². The first-order valence-electron chi connectivity index (χ1n) is 4.81. The number of nitrogens with zero attached hydrogens (tertiary/aromatic N) is 1. The third-order valence-electron chi connectivity index (χ3n) is 1.97. The molecule has 17 heavy (non-hydrogen) atoms. The molecule has 0 aliphatic carbocycles. The van der Waals surface area contributed by atoms with Gasteiger partial charge in [-0.05, 0) is 26.0 Å². The Labute approximate surface area is 96.2 Å². The summed E-state index contributed by atoms with van der Waals surface area (Å²) in [5, 5.41) is 22.3. The fourth-order valence-electron chi connectivity index (χ4n) is 1.39. The molecule has 0 unspecified atom stereocenters. The standard InChI is InChI=1S/C10H11FN2O4/c1-5(2)12-7-4-3-6(11)8(10(14)15)9(7)13(16)17/h3-5,12H,1-2H3,(H,14,15). The van der Waals surface area contributed by atoms with Gasteiger partial charge in [0.05, 0.1) is 4.92 Å². The van der Waals surface area contributed by atoms with Crippen molar-refractivity contribution >= 4 is 17.3 Å². The minimum absolute atomic E-state index is 0.0104. The highest BCUT2D eigenvalue weighted by Crippen LogP contribution is 2.31. The van der Waals surface area contributed by atoms with Crippen LogP contribution in [-0.2, 0) is 0 Å². The summed E-state index contributed by atoms with van der Waals surface area (Å²) in [5.74, 6) is -2.79. The number of carbonyl (C=O) groups is 1. The lowest BCUT2D eigenvalue weighted by Crippen LogP contribution is -2.14. The van der Waals surface area contributed by atoms with Gasteiger partial charge < -0.3 is 10.4 Å². The summed E-state index contributed by atoms with van der Waals surface area (Å²) in [4.78, 5) is 20.7. The Balaban J connectivity index is 3.47. The zero-order valence-corrected chi connectivity index (χ0v) is 9.23. The Morgan fingerprint density at radius 3 is 2.53 bits per heavy atom. The fourth-order valence-corrected chi connectivity index (χ4v) is 1.39. The van der Waals surface area contributed by atoms with Gasteiger partial charge >= 0.3 is 11.7 Å². The van der Waals surface area contributed by atoms with Crippen LogP contribution in [-0.4, -0.2) is 22.0 Å². The summed E-state index contributed by atoms with van der Waals surface area (Å²) in [7, 11) is 0. The zero-order chi connectivity index (χ0) is 13.2. The highest BCUT2D eigenvalue weighted by Gasteiger charge is 2.28. The second-order valence-corrected chi connectivity index (χ2v) is 3.68. The Morgan fingerprint density at radius 2 is 2.12 bits per heavy atom. The van der Waals surface area contributed by atoms with Crippen LogP contribution in [0.4, 0.5) is 15.8 Å². The maximum atomic E-state index is 13.3. The SMILES string of the molecule is CC(C)Nc1ccc(F)c(C(=O)O)c1[N+](=O)[O-]. The molecule has 2 N–H and O–H groups in total. The van der Waals surface area contributed by atoms with E-state index in [4.69, 9.17) is 5.11 Å². The summed E-state index contributed by atoms with van der Waals surface area (Å²) in [6.07, 6.45) is 0. The largest absolute Gasteiger partial charge is 0.477 e. The van der Waals surface area contributed by atoms with Crippen LogP contribution >= 0.6 is 0 Å². The number of nitrogens with one attached hydrogen (secondary N) is 1. The van der Waals surface area contributed by atoms with E-state index < -0.39 is 28.0 Å². The summed E-state index contributed by atoms with van der Waals surface area (Å²) >= 11 is 0. The topological polar surface area (TPSA) is 92.5 Å². The number of nitro benzene ring substituents is 1. The molecule has 0 bridgehead atoms. The van der Waals surface area contributed by atoms with Crippen LogP contribution in [0, 0.1) is 15.9 Å². The second kappa shape index (κ2) is 4.77. The average Bonchev–Trinajstić information content (AvgIpc) is 2.18. The van der Waals surface area contributed by atoms with Gasteiger partial charge in [-0.25, -0.2) is 9.18 Å².